The minimum absolute atomic E-state index is 0.409. The summed E-state index contributed by atoms with van der Waals surface area (Å²) in [6, 6.07) is 20.9. The number of anilines is 1. The zero-order valence-corrected chi connectivity index (χ0v) is 18.0. The van der Waals surface area contributed by atoms with Crippen molar-refractivity contribution in [1.29, 1.82) is 0 Å². The molecule has 31 heavy (non-hydrogen) atoms. The molecule has 3 aromatic carbocycles. The van der Waals surface area contributed by atoms with Crippen LogP contribution in [0.5, 0.6) is 11.5 Å². The molecule has 2 N–H and O–H groups in total. The van der Waals surface area contributed by atoms with Gasteiger partial charge >= 0.3 is 6.03 Å². The predicted octanol–water partition coefficient (Wildman–Crippen LogP) is 5.44. The van der Waals surface area contributed by atoms with Crippen LogP contribution in [0.25, 0.3) is 0 Å². The van der Waals surface area contributed by atoms with Crippen LogP contribution in [-0.2, 0) is 6.61 Å². The molecule has 0 spiro atoms. The zero-order chi connectivity index (χ0) is 22.1. The lowest BCUT2D eigenvalue weighted by atomic mass is 10.1. The molecule has 3 aromatic rings. The van der Waals surface area contributed by atoms with Crippen LogP contribution < -0.4 is 20.2 Å². The van der Waals surface area contributed by atoms with Crippen molar-refractivity contribution in [2.45, 2.75) is 27.4 Å². The standard InChI is InChI=1S/C25H27N3O3/c1-4-30-24-15-20(12-13-23(24)31-17-21-10-7-8-18(2)14-21)16-26-28-25(29)27-22-11-6-5-9-19(22)3/h5-16H,4,17H2,1-3H3,(H2,27,28,29). The Labute approximate surface area is 182 Å². The van der Waals surface area contributed by atoms with E-state index in [2.05, 4.69) is 34.9 Å². The molecule has 160 valence electrons. The van der Waals surface area contributed by atoms with Crippen LogP contribution in [0, 0.1) is 13.8 Å². The summed E-state index contributed by atoms with van der Waals surface area (Å²) in [5, 5.41) is 6.78. The fraction of sp³-hybridized carbons (Fsp3) is 0.200. The van der Waals surface area contributed by atoms with Crippen molar-refractivity contribution in [3.05, 3.63) is 89.0 Å². The Morgan fingerprint density at radius 1 is 0.968 bits per heavy atom. The number of nitrogens with zero attached hydrogens (tertiary/aromatic N) is 1. The predicted molar refractivity (Wildman–Crippen MR) is 124 cm³/mol. The Balaban J connectivity index is 1.61. The van der Waals surface area contributed by atoms with Crippen molar-refractivity contribution in [2.24, 2.45) is 5.10 Å². The maximum Gasteiger partial charge on any atom is 0.339 e. The van der Waals surface area contributed by atoms with Gasteiger partial charge in [-0.05, 0) is 61.7 Å². The van der Waals surface area contributed by atoms with Crippen molar-refractivity contribution >= 4 is 17.9 Å². The average Bonchev–Trinajstić information content (AvgIpc) is 2.75. The van der Waals surface area contributed by atoms with Crippen LogP contribution in [0.3, 0.4) is 0 Å². The molecule has 0 atom stereocenters. The molecule has 0 bridgehead atoms. The SMILES string of the molecule is CCOc1cc(C=NNC(=O)Nc2ccccc2C)ccc1OCc1cccc(C)c1. The highest BCUT2D eigenvalue weighted by Crippen LogP contribution is 2.29. The smallest absolute Gasteiger partial charge is 0.339 e. The molecular formula is C25H27N3O3. The van der Waals surface area contributed by atoms with Crippen molar-refractivity contribution in [3.63, 3.8) is 0 Å². The molecule has 6 heteroatoms. The van der Waals surface area contributed by atoms with Crippen molar-refractivity contribution < 1.29 is 14.3 Å². The Kier molecular flexibility index (Phi) is 7.65. The molecular weight excluding hydrogens is 390 g/mol. The van der Waals surface area contributed by atoms with Gasteiger partial charge in [0.25, 0.3) is 0 Å². The van der Waals surface area contributed by atoms with Crippen molar-refractivity contribution in [3.8, 4) is 11.5 Å². The first-order chi connectivity index (χ1) is 15.0. The first kappa shape index (κ1) is 21.9. The van der Waals surface area contributed by atoms with E-state index < -0.39 is 6.03 Å². The molecule has 0 saturated heterocycles. The van der Waals surface area contributed by atoms with E-state index in [-0.39, 0.29) is 0 Å². The quantitative estimate of drug-likeness (QED) is 0.379. The van der Waals surface area contributed by atoms with Gasteiger partial charge in [-0.3, -0.25) is 0 Å². The number of para-hydroxylation sites is 1. The van der Waals surface area contributed by atoms with Gasteiger partial charge in [0.1, 0.15) is 6.61 Å². The highest BCUT2D eigenvalue weighted by molar-refractivity contribution is 5.91. The molecule has 0 fully saturated rings. The van der Waals surface area contributed by atoms with E-state index >= 15 is 0 Å². The number of amides is 2. The minimum atomic E-state index is -0.409. The second-order valence-electron chi connectivity index (χ2n) is 7.06. The van der Waals surface area contributed by atoms with Crippen LogP contribution in [0.2, 0.25) is 0 Å². The highest BCUT2D eigenvalue weighted by Gasteiger charge is 2.07. The summed E-state index contributed by atoms with van der Waals surface area (Å²) in [6.07, 6.45) is 1.56. The number of carbonyl (C=O) groups is 1. The second-order valence-corrected chi connectivity index (χ2v) is 7.06. The topological polar surface area (TPSA) is 72.0 Å². The number of rotatable bonds is 8. The molecule has 0 aliphatic carbocycles. The van der Waals surface area contributed by atoms with Gasteiger partial charge in [0, 0.05) is 5.69 Å². The van der Waals surface area contributed by atoms with Crippen LogP contribution in [0.15, 0.2) is 71.8 Å². The van der Waals surface area contributed by atoms with E-state index in [0.717, 1.165) is 22.4 Å². The monoisotopic (exact) mass is 417 g/mol. The van der Waals surface area contributed by atoms with Gasteiger partial charge in [-0.1, -0.05) is 48.0 Å². The molecule has 2 amide bonds. The van der Waals surface area contributed by atoms with Gasteiger partial charge in [0.05, 0.1) is 12.8 Å². The van der Waals surface area contributed by atoms with E-state index in [9.17, 15) is 4.79 Å². The number of carbonyl (C=O) groups excluding carboxylic acids is 1. The molecule has 3 rings (SSSR count). The minimum Gasteiger partial charge on any atom is -0.490 e. The van der Waals surface area contributed by atoms with Crippen LogP contribution in [0.4, 0.5) is 10.5 Å². The fourth-order valence-corrected chi connectivity index (χ4v) is 2.98. The largest absolute Gasteiger partial charge is 0.490 e. The first-order valence-electron chi connectivity index (χ1n) is 10.2. The summed E-state index contributed by atoms with van der Waals surface area (Å²) in [5.74, 6) is 1.29. The van der Waals surface area contributed by atoms with E-state index in [0.29, 0.717) is 24.7 Å². The Bertz CT molecular complexity index is 1060. The number of hydrogen-bond acceptors (Lipinski definition) is 4. The molecule has 0 heterocycles. The van der Waals surface area contributed by atoms with Crippen LogP contribution in [-0.4, -0.2) is 18.9 Å². The number of hydrogen-bond donors (Lipinski definition) is 2. The molecule has 0 unspecified atom stereocenters. The van der Waals surface area contributed by atoms with Crippen molar-refractivity contribution in [1.82, 2.24) is 5.43 Å². The first-order valence-corrected chi connectivity index (χ1v) is 10.2. The number of benzene rings is 3. The molecule has 0 aliphatic rings. The van der Waals surface area contributed by atoms with Gasteiger partial charge in [-0.25, -0.2) is 10.2 Å². The second kappa shape index (κ2) is 10.8. The lowest BCUT2D eigenvalue weighted by Crippen LogP contribution is -2.24. The molecule has 6 nitrogen and oxygen atoms in total. The molecule has 0 aromatic heterocycles. The summed E-state index contributed by atoms with van der Waals surface area (Å²) in [7, 11) is 0. The third-order valence-electron chi connectivity index (χ3n) is 4.52. The van der Waals surface area contributed by atoms with Gasteiger partial charge in [0.15, 0.2) is 11.5 Å². The summed E-state index contributed by atoms with van der Waals surface area (Å²) in [6.45, 7) is 6.87. The molecule has 0 radical (unpaired) electrons. The van der Waals surface area contributed by atoms with E-state index in [4.69, 9.17) is 9.47 Å². The average molecular weight is 418 g/mol. The number of ether oxygens (including phenoxy) is 2. The lowest BCUT2D eigenvalue weighted by molar-refractivity contribution is 0.252. The molecule has 0 aliphatic heterocycles. The number of aryl methyl sites for hydroxylation is 2. The van der Waals surface area contributed by atoms with E-state index in [1.165, 1.54) is 5.56 Å². The van der Waals surface area contributed by atoms with Gasteiger partial charge < -0.3 is 14.8 Å². The summed E-state index contributed by atoms with van der Waals surface area (Å²) in [4.78, 5) is 12.0. The lowest BCUT2D eigenvalue weighted by Gasteiger charge is -2.13. The number of hydrazone groups is 1. The fourth-order valence-electron chi connectivity index (χ4n) is 2.98. The van der Waals surface area contributed by atoms with E-state index in [1.54, 1.807) is 6.21 Å². The summed E-state index contributed by atoms with van der Waals surface area (Å²) < 4.78 is 11.7. The highest BCUT2D eigenvalue weighted by atomic mass is 16.5. The molecule has 0 saturated carbocycles. The Hall–Kier alpha value is -3.80. The number of urea groups is 1. The van der Waals surface area contributed by atoms with Crippen LogP contribution >= 0.6 is 0 Å². The van der Waals surface area contributed by atoms with Gasteiger partial charge in [0.2, 0.25) is 0 Å². The van der Waals surface area contributed by atoms with E-state index in [1.807, 2.05) is 68.4 Å². The maximum absolute atomic E-state index is 12.0. The van der Waals surface area contributed by atoms with Gasteiger partial charge in [-0.15, -0.1) is 0 Å². The third-order valence-corrected chi connectivity index (χ3v) is 4.52. The summed E-state index contributed by atoms with van der Waals surface area (Å²) >= 11 is 0. The third kappa shape index (κ3) is 6.60. The van der Waals surface area contributed by atoms with Gasteiger partial charge in [-0.2, -0.15) is 5.10 Å². The summed E-state index contributed by atoms with van der Waals surface area (Å²) in [5.41, 5.74) is 7.25. The van der Waals surface area contributed by atoms with Crippen molar-refractivity contribution in [2.75, 3.05) is 11.9 Å². The Morgan fingerprint density at radius 2 is 1.81 bits per heavy atom. The van der Waals surface area contributed by atoms with Crippen LogP contribution in [0.1, 0.15) is 29.2 Å². The maximum atomic E-state index is 12.0. The Morgan fingerprint density at radius 3 is 2.58 bits per heavy atom. The normalized spacial score (nSPS) is 10.7. The zero-order valence-electron chi connectivity index (χ0n) is 18.0. The number of nitrogens with one attached hydrogen (secondary N) is 2.